The van der Waals surface area contributed by atoms with Crippen molar-refractivity contribution in [1.82, 2.24) is 10.3 Å². The van der Waals surface area contributed by atoms with E-state index in [2.05, 4.69) is 24.1 Å². The van der Waals surface area contributed by atoms with Crippen molar-refractivity contribution in [3.8, 4) is 0 Å². The summed E-state index contributed by atoms with van der Waals surface area (Å²) in [5.41, 5.74) is 1.12. The molecule has 0 saturated heterocycles. The molecule has 0 radical (unpaired) electrons. The average molecular weight is 178 g/mol. The Morgan fingerprint density at radius 2 is 2.31 bits per heavy atom. The van der Waals surface area contributed by atoms with Crippen molar-refractivity contribution in [3.63, 3.8) is 0 Å². The molecule has 1 atom stereocenters. The molecule has 1 heterocycles. The fraction of sp³-hybridized carbons (Fsp3) is 0.545. The first-order valence-electron chi connectivity index (χ1n) is 4.93. The number of aromatic nitrogens is 1. The fourth-order valence-electron chi connectivity index (χ4n) is 1.09. The van der Waals surface area contributed by atoms with Crippen molar-refractivity contribution in [1.29, 1.82) is 0 Å². The third kappa shape index (κ3) is 4.04. The van der Waals surface area contributed by atoms with E-state index in [4.69, 9.17) is 0 Å². The molecule has 13 heavy (non-hydrogen) atoms. The minimum atomic E-state index is 0.753. The van der Waals surface area contributed by atoms with E-state index in [0.717, 1.165) is 24.7 Å². The molecule has 0 saturated carbocycles. The second-order valence-corrected chi connectivity index (χ2v) is 3.47. The molecule has 0 aliphatic rings. The fourth-order valence-corrected chi connectivity index (χ4v) is 1.09. The molecule has 0 amide bonds. The lowest BCUT2D eigenvalue weighted by atomic mass is 10.1. The summed E-state index contributed by atoms with van der Waals surface area (Å²) in [6, 6.07) is 6.01. The van der Waals surface area contributed by atoms with E-state index in [-0.39, 0.29) is 0 Å². The van der Waals surface area contributed by atoms with E-state index in [9.17, 15) is 0 Å². The number of nitrogens with zero attached hydrogens (tertiary/aromatic N) is 1. The highest BCUT2D eigenvalue weighted by Gasteiger charge is 1.97. The van der Waals surface area contributed by atoms with Crippen LogP contribution < -0.4 is 5.32 Å². The number of rotatable bonds is 5. The first-order chi connectivity index (χ1) is 6.33. The Morgan fingerprint density at radius 3 is 2.92 bits per heavy atom. The van der Waals surface area contributed by atoms with Crippen LogP contribution in [0.2, 0.25) is 0 Å². The quantitative estimate of drug-likeness (QED) is 0.747. The molecule has 0 bridgehead atoms. The Labute approximate surface area is 80.4 Å². The SMILES string of the molecule is CCC(C)CNCc1ccccn1. The lowest BCUT2D eigenvalue weighted by Crippen LogP contribution is -2.20. The molecular formula is C11H18N2. The number of hydrogen-bond donors (Lipinski definition) is 1. The Morgan fingerprint density at radius 1 is 1.46 bits per heavy atom. The van der Waals surface area contributed by atoms with E-state index >= 15 is 0 Å². The lowest BCUT2D eigenvalue weighted by Gasteiger charge is -2.09. The monoisotopic (exact) mass is 178 g/mol. The lowest BCUT2D eigenvalue weighted by molar-refractivity contribution is 0.497. The van der Waals surface area contributed by atoms with Crippen LogP contribution in [0.5, 0.6) is 0 Å². The molecule has 72 valence electrons. The molecule has 2 nitrogen and oxygen atoms in total. The molecule has 1 unspecified atom stereocenters. The van der Waals surface area contributed by atoms with Crippen LogP contribution in [0.15, 0.2) is 24.4 Å². The van der Waals surface area contributed by atoms with E-state index < -0.39 is 0 Å². The van der Waals surface area contributed by atoms with Gasteiger partial charge in [-0.2, -0.15) is 0 Å². The highest BCUT2D eigenvalue weighted by Crippen LogP contribution is 1.98. The summed E-state index contributed by atoms with van der Waals surface area (Å²) in [7, 11) is 0. The molecule has 0 spiro atoms. The van der Waals surface area contributed by atoms with Crippen molar-refractivity contribution < 1.29 is 0 Å². The third-order valence-corrected chi connectivity index (χ3v) is 2.22. The minimum absolute atomic E-state index is 0.753. The van der Waals surface area contributed by atoms with E-state index in [1.807, 2.05) is 24.4 Å². The van der Waals surface area contributed by atoms with Gasteiger partial charge in [-0.25, -0.2) is 0 Å². The van der Waals surface area contributed by atoms with E-state index in [1.54, 1.807) is 0 Å². The summed E-state index contributed by atoms with van der Waals surface area (Å²) >= 11 is 0. The molecular weight excluding hydrogens is 160 g/mol. The molecule has 2 heteroatoms. The highest BCUT2D eigenvalue weighted by atomic mass is 14.9. The van der Waals surface area contributed by atoms with Gasteiger partial charge in [-0.05, 0) is 24.6 Å². The predicted octanol–water partition coefficient (Wildman–Crippen LogP) is 2.22. The van der Waals surface area contributed by atoms with Crippen LogP contribution >= 0.6 is 0 Å². The molecule has 0 aliphatic heterocycles. The van der Waals surface area contributed by atoms with Gasteiger partial charge in [0.25, 0.3) is 0 Å². The molecule has 0 aliphatic carbocycles. The van der Waals surface area contributed by atoms with Crippen LogP contribution in [-0.4, -0.2) is 11.5 Å². The van der Waals surface area contributed by atoms with Crippen molar-refractivity contribution in [2.75, 3.05) is 6.54 Å². The van der Waals surface area contributed by atoms with Crippen LogP contribution in [0.25, 0.3) is 0 Å². The summed E-state index contributed by atoms with van der Waals surface area (Å²) in [5.74, 6) is 0.753. The molecule has 1 aromatic heterocycles. The predicted molar refractivity (Wildman–Crippen MR) is 55.4 cm³/mol. The van der Waals surface area contributed by atoms with Gasteiger partial charge >= 0.3 is 0 Å². The number of nitrogens with one attached hydrogen (secondary N) is 1. The summed E-state index contributed by atoms with van der Waals surface area (Å²) in [6.07, 6.45) is 3.06. The van der Waals surface area contributed by atoms with Gasteiger partial charge in [-0.1, -0.05) is 26.3 Å². The number of pyridine rings is 1. The van der Waals surface area contributed by atoms with Gasteiger partial charge in [-0.15, -0.1) is 0 Å². The maximum Gasteiger partial charge on any atom is 0.0541 e. The minimum Gasteiger partial charge on any atom is -0.311 e. The topological polar surface area (TPSA) is 24.9 Å². The largest absolute Gasteiger partial charge is 0.311 e. The number of hydrogen-bond acceptors (Lipinski definition) is 2. The van der Waals surface area contributed by atoms with E-state index in [0.29, 0.717) is 0 Å². The van der Waals surface area contributed by atoms with Crippen LogP contribution in [0.4, 0.5) is 0 Å². The van der Waals surface area contributed by atoms with Crippen LogP contribution in [0.1, 0.15) is 26.0 Å². The van der Waals surface area contributed by atoms with Crippen molar-refractivity contribution in [3.05, 3.63) is 30.1 Å². The van der Waals surface area contributed by atoms with Gasteiger partial charge in [-0.3, -0.25) is 4.98 Å². The van der Waals surface area contributed by atoms with Crippen LogP contribution in [0, 0.1) is 5.92 Å². The van der Waals surface area contributed by atoms with Crippen LogP contribution in [0.3, 0.4) is 0 Å². The second-order valence-electron chi connectivity index (χ2n) is 3.47. The molecule has 1 N–H and O–H groups in total. The first kappa shape index (κ1) is 10.2. The Kier molecular flexibility index (Phi) is 4.47. The summed E-state index contributed by atoms with van der Waals surface area (Å²) < 4.78 is 0. The van der Waals surface area contributed by atoms with Gasteiger partial charge in [0.1, 0.15) is 0 Å². The standard InChI is InChI=1S/C11H18N2/c1-3-10(2)8-12-9-11-6-4-5-7-13-11/h4-7,10,12H,3,8-9H2,1-2H3. The smallest absolute Gasteiger partial charge is 0.0541 e. The highest BCUT2D eigenvalue weighted by molar-refractivity contribution is 5.02. The zero-order valence-corrected chi connectivity index (χ0v) is 8.46. The zero-order chi connectivity index (χ0) is 9.52. The Bertz CT molecular complexity index is 221. The van der Waals surface area contributed by atoms with Crippen molar-refractivity contribution >= 4 is 0 Å². The van der Waals surface area contributed by atoms with Gasteiger partial charge in [0.05, 0.1) is 5.69 Å². The van der Waals surface area contributed by atoms with Crippen LogP contribution in [-0.2, 0) is 6.54 Å². The molecule has 1 aromatic rings. The summed E-state index contributed by atoms with van der Waals surface area (Å²) in [6.45, 7) is 6.43. The second kappa shape index (κ2) is 5.70. The van der Waals surface area contributed by atoms with Gasteiger partial charge in [0, 0.05) is 12.7 Å². The first-order valence-corrected chi connectivity index (χ1v) is 4.93. The Balaban J connectivity index is 2.20. The zero-order valence-electron chi connectivity index (χ0n) is 8.46. The molecule has 0 aromatic carbocycles. The van der Waals surface area contributed by atoms with Crippen molar-refractivity contribution in [2.24, 2.45) is 5.92 Å². The van der Waals surface area contributed by atoms with E-state index in [1.165, 1.54) is 6.42 Å². The van der Waals surface area contributed by atoms with Gasteiger partial charge < -0.3 is 5.32 Å². The summed E-state index contributed by atoms with van der Waals surface area (Å²) in [5, 5.41) is 3.39. The molecule has 1 rings (SSSR count). The third-order valence-electron chi connectivity index (χ3n) is 2.22. The van der Waals surface area contributed by atoms with Gasteiger partial charge in [0.15, 0.2) is 0 Å². The Hall–Kier alpha value is -0.890. The normalized spacial score (nSPS) is 12.8. The maximum atomic E-state index is 4.24. The van der Waals surface area contributed by atoms with Crippen molar-refractivity contribution in [2.45, 2.75) is 26.8 Å². The average Bonchev–Trinajstić information content (AvgIpc) is 2.19. The maximum absolute atomic E-state index is 4.24. The summed E-state index contributed by atoms with van der Waals surface area (Å²) in [4.78, 5) is 4.24. The molecule has 0 fully saturated rings. The van der Waals surface area contributed by atoms with Gasteiger partial charge in [0.2, 0.25) is 0 Å².